The van der Waals surface area contributed by atoms with Crippen molar-refractivity contribution in [1.82, 2.24) is 9.97 Å². The van der Waals surface area contributed by atoms with Gasteiger partial charge in [-0.15, -0.1) is 0 Å². The van der Waals surface area contributed by atoms with E-state index in [0.717, 1.165) is 30.0 Å². The Hall–Kier alpha value is -2.83. The van der Waals surface area contributed by atoms with Crippen molar-refractivity contribution in [2.24, 2.45) is 0 Å². The van der Waals surface area contributed by atoms with Crippen molar-refractivity contribution in [2.75, 3.05) is 31.8 Å². The first-order valence-corrected chi connectivity index (χ1v) is 8.30. The SMILES string of the molecule is CCOC(=O)c1cnc(N2CCc3c(OC)cccc32)nc1OCC. The Kier molecular flexibility index (Phi) is 5.02. The van der Waals surface area contributed by atoms with Crippen LogP contribution in [0.25, 0.3) is 0 Å². The highest BCUT2D eigenvalue weighted by atomic mass is 16.5. The van der Waals surface area contributed by atoms with Crippen molar-refractivity contribution >= 4 is 17.6 Å². The predicted octanol–water partition coefficient (Wildman–Crippen LogP) is 2.75. The Morgan fingerprint density at radius 2 is 2.12 bits per heavy atom. The Morgan fingerprint density at radius 1 is 1.28 bits per heavy atom. The van der Waals surface area contributed by atoms with Gasteiger partial charge >= 0.3 is 5.97 Å². The van der Waals surface area contributed by atoms with Crippen LogP contribution in [0.3, 0.4) is 0 Å². The van der Waals surface area contributed by atoms with Gasteiger partial charge in [-0.3, -0.25) is 0 Å². The summed E-state index contributed by atoms with van der Waals surface area (Å²) in [6, 6.07) is 5.89. The molecule has 2 heterocycles. The number of hydrogen-bond acceptors (Lipinski definition) is 7. The third-order valence-electron chi connectivity index (χ3n) is 3.96. The first kappa shape index (κ1) is 17.0. The van der Waals surface area contributed by atoms with Crippen LogP contribution < -0.4 is 14.4 Å². The minimum atomic E-state index is -0.485. The third kappa shape index (κ3) is 3.22. The van der Waals surface area contributed by atoms with E-state index in [4.69, 9.17) is 14.2 Å². The van der Waals surface area contributed by atoms with Crippen LogP contribution in [-0.2, 0) is 11.2 Å². The second-order valence-corrected chi connectivity index (χ2v) is 5.40. The fourth-order valence-corrected chi connectivity index (χ4v) is 2.88. The summed E-state index contributed by atoms with van der Waals surface area (Å²) in [5.41, 5.74) is 2.37. The number of nitrogens with zero attached hydrogens (tertiary/aromatic N) is 3. The summed E-state index contributed by atoms with van der Waals surface area (Å²) in [4.78, 5) is 22.8. The van der Waals surface area contributed by atoms with E-state index in [1.165, 1.54) is 6.20 Å². The van der Waals surface area contributed by atoms with E-state index >= 15 is 0 Å². The highest BCUT2D eigenvalue weighted by Crippen LogP contribution is 2.38. The van der Waals surface area contributed by atoms with Gasteiger partial charge in [-0.25, -0.2) is 9.78 Å². The molecule has 132 valence electrons. The van der Waals surface area contributed by atoms with E-state index in [1.54, 1.807) is 14.0 Å². The van der Waals surface area contributed by atoms with Gasteiger partial charge in [-0.05, 0) is 32.4 Å². The van der Waals surface area contributed by atoms with Crippen molar-refractivity contribution in [1.29, 1.82) is 0 Å². The van der Waals surface area contributed by atoms with Gasteiger partial charge in [0, 0.05) is 12.1 Å². The van der Waals surface area contributed by atoms with Gasteiger partial charge in [0.05, 0.1) is 32.2 Å². The number of aromatic nitrogens is 2. The van der Waals surface area contributed by atoms with Crippen LogP contribution in [0.1, 0.15) is 29.8 Å². The second kappa shape index (κ2) is 7.38. The van der Waals surface area contributed by atoms with Gasteiger partial charge in [0.25, 0.3) is 0 Å². The number of methoxy groups -OCH3 is 1. The standard InChI is InChI=1S/C18H21N3O4/c1-4-24-16-13(17(22)25-5-2)11-19-18(20-16)21-10-9-12-14(21)7-6-8-15(12)23-3/h6-8,11H,4-5,9-10H2,1-3H3. The molecule has 7 heteroatoms. The van der Waals surface area contributed by atoms with Gasteiger partial charge in [-0.2, -0.15) is 4.98 Å². The Morgan fingerprint density at radius 3 is 2.84 bits per heavy atom. The molecule has 0 amide bonds. The number of carbonyl (C=O) groups is 1. The molecule has 7 nitrogen and oxygen atoms in total. The molecule has 0 N–H and O–H groups in total. The fourth-order valence-electron chi connectivity index (χ4n) is 2.88. The van der Waals surface area contributed by atoms with Gasteiger partial charge in [0.15, 0.2) is 0 Å². The molecular weight excluding hydrogens is 322 g/mol. The maximum Gasteiger partial charge on any atom is 0.345 e. The van der Waals surface area contributed by atoms with E-state index in [0.29, 0.717) is 12.6 Å². The molecule has 1 aromatic carbocycles. The van der Waals surface area contributed by atoms with Crippen LogP contribution >= 0.6 is 0 Å². The van der Waals surface area contributed by atoms with Crippen LogP contribution in [0.5, 0.6) is 11.6 Å². The molecule has 0 atom stereocenters. The Balaban J connectivity index is 1.97. The number of esters is 1. The zero-order valence-corrected chi connectivity index (χ0v) is 14.6. The maximum atomic E-state index is 12.0. The molecule has 0 aliphatic carbocycles. The lowest BCUT2D eigenvalue weighted by atomic mass is 10.1. The number of anilines is 2. The zero-order chi connectivity index (χ0) is 17.8. The van der Waals surface area contributed by atoms with E-state index in [-0.39, 0.29) is 18.1 Å². The number of benzene rings is 1. The minimum absolute atomic E-state index is 0.234. The van der Waals surface area contributed by atoms with Gasteiger partial charge in [0.2, 0.25) is 11.8 Å². The molecule has 1 aromatic heterocycles. The molecule has 0 radical (unpaired) electrons. The van der Waals surface area contributed by atoms with Crippen LogP contribution in [0.15, 0.2) is 24.4 Å². The number of rotatable bonds is 6. The summed E-state index contributed by atoms with van der Waals surface area (Å²) in [6.45, 7) is 5.01. The zero-order valence-electron chi connectivity index (χ0n) is 14.6. The highest BCUT2D eigenvalue weighted by Gasteiger charge is 2.27. The van der Waals surface area contributed by atoms with E-state index in [1.807, 2.05) is 30.0 Å². The van der Waals surface area contributed by atoms with Crippen molar-refractivity contribution in [3.63, 3.8) is 0 Å². The normalized spacial score (nSPS) is 12.7. The van der Waals surface area contributed by atoms with Gasteiger partial charge in [-0.1, -0.05) is 6.07 Å². The van der Waals surface area contributed by atoms with Crippen molar-refractivity contribution in [3.8, 4) is 11.6 Å². The van der Waals surface area contributed by atoms with Gasteiger partial charge in [0.1, 0.15) is 11.3 Å². The molecule has 0 fully saturated rings. The lowest BCUT2D eigenvalue weighted by Gasteiger charge is -2.19. The second-order valence-electron chi connectivity index (χ2n) is 5.40. The summed E-state index contributed by atoms with van der Waals surface area (Å²) >= 11 is 0. The van der Waals surface area contributed by atoms with Crippen molar-refractivity contribution < 1.29 is 19.0 Å². The number of carbonyl (C=O) groups excluding carboxylic acids is 1. The number of hydrogen-bond donors (Lipinski definition) is 0. The summed E-state index contributed by atoms with van der Waals surface area (Å²) in [6.07, 6.45) is 2.30. The fraction of sp³-hybridized carbons (Fsp3) is 0.389. The monoisotopic (exact) mass is 343 g/mol. The average molecular weight is 343 g/mol. The van der Waals surface area contributed by atoms with Crippen molar-refractivity contribution in [3.05, 3.63) is 35.5 Å². The molecule has 2 aromatic rings. The summed E-state index contributed by atoms with van der Waals surface area (Å²) in [5, 5.41) is 0. The molecule has 0 spiro atoms. The largest absolute Gasteiger partial charge is 0.496 e. The molecule has 25 heavy (non-hydrogen) atoms. The third-order valence-corrected chi connectivity index (χ3v) is 3.96. The van der Waals surface area contributed by atoms with E-state index < -0.39 is 5.97 Å². The summed E-state index contributed by atoms with van der Waals surface area (Å²) in [7, 11) is 1.66. The number of fused-ring (bicyclic) bond motifs is 1. The molecule has 0 bridgehead atoms. The van der Waals surface area contributed by atoms with Gasteiger partial charge < -0.3 is 19.1 Å². The maximum absolute atomic E-state index is 12.0. The lowest BCUT2D eigenvalue weighted by Crippen LogP contribution is -2.18. The van der Waals surface area contributed by atoms with Crippen molar-refractivity contribution in [2.45, 2.75) is 20.3 Å². The number of ether oxygens (including phenoxy) is 3. The lowest BCUT2D eigenvalue weighted by molar-refractivity contribution is 0.0520. The van der Waals surface area contributed by atoms with E-state index in [9.17, 15) is 4.79 Å². The van der Waals surface area contributed by atoms with E-state index in [2.05, 4.69) is 9.97 Å². The van der Waals surface area contributed by atoms with Crippen LogP contribution in [0, 0.1) is 0 Å². The summed E-state index contributed by atoms with van der Waals surface area (Å²) < 4.78 is 16.0. The predicted molar refractivity (Wildman–Crippen MR) is 92.9 cm³/mol. The molecular formula is C18H21N3O4. The minimum Gasteiger partial charge on any atom is -0.496 e. The first-order chi connectivity index (χ1) is 12.2. The molecule has 0 unspecified atom stereocenters. The topological polar surface area (TPSA) is 73.8 Å². The van der Waals surface area contributed by atoms with Crippen LogP contribution in [0.2, 0.25) is 0 Å². The Labute approximate surface area is 146 Å². The smallest absolute Gasteiger partial charge is 0.345 e. The Bertz CT molecular complexity index is 779. The quantitative estimate of drug-likeness (QED) is 0.747. The first-order valence-electron chi connectivity index (χ1n) is 8.30. The molecule has 0 saturated carbocycles. The molecule has 0 saturated heterocycles. The average Bonchev–Trinajstić information content (AvgIpc) is 3.06. The molecule has 1 aliphatic heterocycles. The highest BCUT2D eigenvalue weighted by molar-refractivity contribution is 5.91. The molecule has 1 aliphatic rings. The summed E-state index contributed by atoms with van der Waals surface area (Å²) in [5.74, 6) is 1.10. The van der Waals surface area contributed by atoms with Crippen LogP contribution in [0.4, 0.5) is 11.6 Å². The van der Waals surface area contributed by atoms with Crippen LogP contribution in [-0.4, -0.2) is 42.8 Å². The molecule has 3 rings (SSSR count).